The number of fused-ring (bicyclic) bond motifs is 1. The van der Waals surface area contributed by atoms with Gasteiger partial charge in [0, 0.05) is 29.8 Å². The van der Waals surface area contributed by atoms with Gasteiger partial charge in [-0.15, -0.1) is 0 Å². The first-order chi connectivity index (χ1) is 13.7. The maximum absolute atomic E-state index is 12.3. The third-order valence-corrected chi connectivity index (χ3v) is 4.11. The fourth-order valence-electron chi connectivity index (χ4n) is 2.83. The Morgan fingerprint density at radius 3 is 2.68 bits per heavy atom. The van der Waals surface area contributed by atoms with Crippen molar-refractivity contribution in [3.63, 3.8) is 0 Å². The van der Waals surface area contributed by atoms with Crippen LogP contribution in [-0.2, 0) is 0 Å². The molecule has 28 heavy (non-hydrogen) atoms. The molecule has 2 aromatic heterocycles. The number of nitrogens with one attached hydrogen (secondary N) is 2. The van der Waals surface area contributed by atoms with E-state index in [2.05, 4.69) is 20.6 Å². The van der Waals surface area contributed by atoms with Gasteiger partial charge in [-0.25, -0.2) is 14.8 Å². The predicted molar refractivity (Wildman–Crippen MR) is 109 cm³/mol. The van der Waals surface area contributed by atoms with Crippen LogP contribution in [0.3, 0.4) is 0 Å². The lowest BCUT2D eigenvalue weighted by Gasteiger charge is -2.12. The number of carbonyl (C=O) groups is 1. The van der Waals surface area contributed by atoms with E-state index in [0.717, 1.165) is 11.3 Å². The van der Waals surface area contributed by atoms with E-state index in [9.17, 15) is 4.79 Å². The molecule has 7 nitrogen and oxygen atoms in total. The number of rotatable bonds is 5. The fourth-order valence-corrected chi connectivity index (χ4v) is 2.83. The Bertz CT molecular complexity index is 1070. The van der Waals surface area contributed by atoms with Crippen molar-refractivity contribution in [2.24, 2.45) is 0 Å². The summed E-state index contributed by atoms with van der Waals surface area (Å²) in [5, 5.41) is 5.63. The van der Waals surface area contributed by atoms with Gasteiger partial charge in [0.2, 0.25) is 5.78 Å². The molecule has 2 amide bonds. The second-order valence-corrected chi connectivity index (χ2v) is 6.04. The lowest BCUT2D eigenvalue weighted by atomic mass is 10.1. The maximum atomic E-state index is 12.3. The Kier molecular flexibility index (Phi) is 4.88. The summed E-state index contributed by atoms with van der Waals surface area (Å²) in [5.74, 6) is 1.28. The van der Waals surface area contributed by atoms with E-state index in [1.165, 1.54) is 0 Å². The van der Waals surface area contributed by atoms with Crippen LogP contribution in [0, 0.1) is 0 Å². The monoisotopic (exact) mass is 373 g/mol. The van der Waals surface area contributed by atoms with Crippen molar-refractivity contribution in [3.8, 4) is 17.0 Å². The van der Waals surface area contributed by atoms with E-state index < -0.39 is 0 Å². The number of anilines is 2. The number of aromatic nitrogens is 3. The molecule has 2 aromatic carbocycles. The van der Waals surface area contributed by atoms with Crippen LogP contribution in [0.25, 0.3) is 17.0 Å². The quantitative estimate of drug-likeness (QED) is 0.542. The number of ether oxygens (including phenoxy) is 1. The molecular weight excluding hydrogens is 354 g/mol. The SMILES string of the molecule is CCOc1ccccc1NC(=O)Nc1ccc(-c2cn3cccnc3n2)cc1. The first kappa shape index (κ1) is 17.5. The van der Waals surface area contributed by atoms with Crippen LogP contribution in [0.4, 0.5) is 16.2 Å². The van der Waals surface area contributed by atoms with Crippen LogP contribution in [0.5, 0.6) is 5.75 Å². The average molecular weight is 373 g/mol. The van der Waals surface area contributed by atoms with E-state index >= 15 is 0 Å². The molecule has 0 atom stereocenters. The molecule has 0 bridgehead atoms. The van der Waals surface area contributed by atoms with Crippen LogP contribution >= 0.6 is 0 Å². The Morgan fingerprint density at radius 1 is 1.07 bits per heavy atom. The van der Waals surface area contributed by atoms with E-state index in [1.54, 1.807) is 12.3 Å². The summed E-state index contributed by atoms with van der Waals surface area (Å²) in [5.41, 5.74) is 3.06. The number of urea groups is 1. The van der Waals surface area contributed by atoms with Gasteiger partial charge in [-0.2, -0.15) is 0 Å². The summed E-state index contributed by atoms with van der Waals surface area (Å²) in [6.45, 7) is 2.43. The number of hydrogen-bond donors (Lipinski definition) is 2. The summed E-state index contributed by atoms with van der Waals surface area (Å²) in [6, 6.07) is 16.3. The molecule has 7 heteroatoms. The highest BCUT2D eigenvalue weighted by Crippen LogP contribution is 2.24. The van der Waals surface area contributed by atoms with Gasteiger partial charge in [0.1, 0.15) is 5.75 Å². The van der Waals surface area contributed by atoms with E-state index in [-0.39, 0.29) is 6.03 Å². The predicted octanol–water partition coefficient (Wildman–Crippen LogP) is 4.44. The van der Waals surface area contributed by atoms with Crippen molar-refractivity contribution in [1.29, 1.82) is 0 Å². The van der Waals surface area contributed by atoms with Gasteiger partial charge < -0.3 is 15.4 Å². The van der Waals surface area contributed by atoms with Crippen molar-refractivity contribution in [3.05, 3.63) is 73.2 Å². The van der Waals surface area contributed by atoms with E-state index in [4.69, 9.17) is 4.74 Å². The van der Waals surface area contributed by atoms with Crippen LogP contribution in [0.15, 0.2) is 73.2 Å². The number of hydrogen-bond acceptors (Lipinski definition) is 4. The number of carbonyl (C=O) groups excluding carboxylic acids is 1. The molecule has 4 aromatic rings. The highest BCUT2D eigenvalue weighted by Gasteiger charge is 2.09. The summed E-state index contributed by atoms with van der Waals surface area (Å²) in [6.07, 6.45) is 5.53. The number of benzene rings is 2. The minimum Gasteiger partial charge on any atom is -0.492 e. The molecular formula is C21H19N5O2. The molecule has 0 saturated carbocycles. The molecule has 4 rings (SSSR count). The Balaban J connectivity index is 1.45. The van der Waals surface area contributed by atoms with Gasteiger partial charge in [0.25, 0.3) is 0 Å². The first-order valence-corrected chi connectivity index (χ1v) is 8.93. The summed E-state index contributed by atoms with van der Waals surface area (Å²) in [4.78, 5) is 21.0. The smallest absolute Gasteiger partial charge is 0.323 e. The molecule has 2 N–H and O–H groups in total. The van der Waals surface area contributed by atoms with Crippen molar-refractivity contribution in [2.75, 3.05) is 17.2 Å². The molecule has 0 radical (unpaired) electrons. The molecule has 0 aliphatic rings. The van der Waals surface area contributed by atoms with Crippen molar-refractivity contribution in [1.82, 2.24) is 14.4 Å². The zero-order chi connectivity index (χ0) is 19.3. The molecule has 0 unspecified atom stereocenters. The Morgan fingerprint density at radius 2 is 1.89 bits per heavy atom. The Labute approximate surface area is 162 Å². The third kappa shape index (κ3) is 3.78. The third-order valence-electron chi connectivity index (χ3n) is 4.11. The summed E-state index contributed by atoms with van der Waals surface area (Å²) >= 11 is 0. The second-order valence-electron chi connectivity index (χ2n) is 6.04. The van der Waals surface area contributed by atoms with Gasteiger partial charge in [0.05, 0.1) is 18.0 Å². The van der Waals surface area contributed by atoms with Crippen molar-refractivity contribution in [2.45, 2.75) is 6.92 Å². The van der Waals surface area contributed by atoms with Gasteiger partial charge in [-0.05, 0) is 37.3 Å². The number of amides is 2. The van der Waals surface area contributed by atoms with Crippen LogP contribution in [0.1, 0.15) is 6.92 Å². The van der Waals surface area contributed by atoms with Crippen molar-refractivity contribution < 1.29 is 9.53 Å². The van der Waals surface area contributed by atoms with Crippen LogP contribution in [-0.4, -0.2) is 27.0 Å². The molecule has 140 valence electrons. The maximum Gasteiger partial charge on any atom is 0.323 e. The normalized spacial score (nSPS) is 10.6. The van der Waals surface area contributed by atoms with E-state index in [1.807, 2.05) is 72.2 Å². The first-order valence-electron chi connectivity index (χ1n) is 8.93. The van der Waals surface area contributed by atoms with Gasteiger partial charge in [-0.3, -0.25) is 4.40 Å². The second kappa shape index (κ2) is 7.79. The molecule has 0 spiro atoms. The summed E-state index contributed by atoms with van der Waals surface area (Å²) in [7, 11) is 0. The van der Waals surface area contributed by atoms with Gasteiger partial charge in [0.15, 0.2) is 0 Å². The average Bonchev–Trinajstić information content (AvgIpc) is 3.14. The van der Waals surface area contributed by atoms with Gasteiger partial charge in [-0.1, -0.05) is 24.3 Å². The zero-order valence-electron chi connectivity index (χ0n) is 15.3. The highest BCUT2D eigenvalue weighted by atomic mass is 16.5. The molecule has 0 saturated heterocycles. The number of nitrogens with zero attached hydrogens (tertiary/aromatic N) is 3. The Hall–Kier alpha value is -3.87. The lowest BCUT2D eigenvalue weighted by molar-refractivity contribution is 0.262. The van der Waals surface area contributed by atoms with E-state index in [0.29, 0.717) is 29.5 Å². The van der Waals surface area contributed by atoms with Gasteiger partial charge >= 0.3 is 6.03 Å². The highest BCUT2D eigenvalue weighted by molar-refractivity contribution is 6.00. The molecule has 2 heterocycles. The zero-order valence-corrected chi connectivity index (χ0v) is 15.3. The topological polar surface area (TPSA) is 80.5 Å². The molecule has 0 aliphatic carbocycles. The molecule has 0 fully saturated rings. The lowest BCUT2D eigenvalue weighted by Crippen LogP contribution is -2.19. The standard InChI is InChI=1S/C21H19N5O2/c1-2-28-19-7-4-3-6-17(19)25-21(27)23-16-10-8-15(9-11-16)18-14-26-13-5-12-22-20(26)24-18/h3-14H,2H2,1H3,(H2,23,25,27). The van der Waals surface area contributed by atoms with Crippen LogP contribution < -0.4 is 15.4 Å². The van der Waals surface area contributed by atoms with Crippen LogP contribution in [0.2, 0.25) is 0 Å². The number of para-hydroxylation sites is 2. The molecule has 0 aliphatic heterocycles. The number of imidazole rings is 1. The minimum absolute atomic E-state index is 0.336. The van der Waals surface area contributed by atoms with Crippen molar-refractivity contribution >= 4 is 23.2 Å². The minimum atomic E-state index is -0.336. The fraction of sp³-hybridized carbons (Fsp3) is 0.0952. The largest absolute Gasteiger partial charge is 0.492 e. The summed E-state index contributed by atoms with van der Waals surface area (Å²) < 4.78 is 7.39.